The van der Waals surface area contributed by atoms with E-state index in [0.29, 0.717) is 0 Å². The number of nitrogens with one attached hydrogen (secondary N) is 1. The van der Waals surface area contributed by atoms with Crippen LogP contribution in [0.2, 0.25) is 0 Å². The second-order valence-electron chi connectivity index (χ2n) is 5.93. The van der Waals surface area contributed by atoms with Gasteiger partial charge in [-0.3, -0.25) is 0 Å². The maximum absolute atomic E-state index is 3.88. The van der Waals surface area contributed by atoms with Crippen LogP contribution in [-0.4, -0.2) is 24.1 Å². The zero-order chi connectivity index (χ0) is 11.9. The minimum atomic E-state index is 0.815. The Kier molecular flexibility index (Phi) is 6.21. The minimum Gasteiger partial charge on any atom is -0.313 e. The van der Waals surface area contributed by atoms with Gasteiger partial charge in [0.1, 0.15) is 0 Å². The summed E-state index contributed by atoms with van der Waals surface area (Å²) in [6.45, 7) is 1.29. The number of thioether (sulfide) groups is 1. The van der Waals surface area contributed by atoms with Gasteiger partial charge in [0.25, 0.3) is 0 Å². The third kappa shape index (κ3) is 4.48. The highest BCUT2D eigenvalue weighted by atomic mass is 32.2. The molecule has 0 aromatic carbocycles. The van der Waals surface area contributed by atoms with E-state index in [-0.39, 0.29) is 0 Å². The highest BCUT2D eigenvalue weighted by Crippen LogP contribution is 2.29. The molecule has 2 rings (SSSR count). The second-order valence-corrected chi connectivity index (χ2v) is 7.01. The fourth-order valence-electron chi connectivity index (χ4n) is 3.50. The van der Waals surface area contributed by atoms with Gasteiger partial charge in [-0.15, -0.1) is 0 Å². The van der Waals surface area contributed by atoms with Crippen LogP contribution < -0.4 is 5.32 Å². The van der Waals surface area contributed by atoms with Gasteiger partial charge in [-0.25, -0.2) is 0 Å². The topological polar surface area (TPSA) is 12.0 Å². The predicted octanol–water partition coefficient (Wildman–Crippen LogP) is 4.22. The summed E-state index contributed by atoms with van der Waals surface area (Å²) in [5.41, 5.74) is 0. The van der Waals surface area contributed by atoms with Gasteiger partial charge >= 0.3 is 0 Å². The van der Waals surface area contributed by atoms with E-state index in [9.17, 15) is 0 Å². The van der Waals surface area contributed by atoms with Crippen molar-refractivity contribution in [3.05, 3.63) is 0 Å². The van der Waals surface area contributed by atoms with Crippen LogP contribution in [0.4, 0.5) is 0 Å². The Labute approximate surface area is 112 Å². The normalized spacial score (nSPS) is 32.3. The highest BCUT2D eigenvalue weighted by Gasteiger charge is 2.26. The summed E-state index contributed by atoms with van der Waals surface area (Å²) in [4.78, 5) is 0. The Hall–Kier alpha value is 0.310. The maximum atomic E-state index is 3.88. The van der Waals surface area contributed by atoms with Gasteiger partial charge < -0.3 is 5.32 Å². The van der Waals surface area contributed by atoms with E-state index in [2.05, 4.69) is 23.3 Å². The van der Waals surface area contributed by atoms with Crippen molar-refractivity contribution in [2.75, 3.05) is 12.8 Å². The fraction of sp³-hybridized carbons (Fsp3) is 1.00. The zero-order valence-electron chi connectivity index (χ0n) is 11.4. The average molecular weight is 255 g/mol. The van der Waals surface area contributed by atoms with Gasteiger partial charge in [0, 0.05) is 11.3 Å². The van der Waals surface area contributed by atoms with Crippen molar-refractivity contribution in [3.8, 4) is 0 Å². The van der Waals surface area contributed by atoms with Crippen LogP contribution in [0.15, 0.2) is 0 Å². The quantitative estimate of drug-likeness (QED) is 0.807. The van der Waals surface area contributed by atoms with Crippen LogP contribution in [0.3, 0.4) is 0 Å². The SMILES string of the molecule is CSC1CCCC1NCC1CCCCCCC1. The van der Waals surface area contributed by atoms with E-state index in [1.54, 1.807) is 0 Å². The van der Waals surface area contributed by atoms with Crippen LogP contribution in [-0.2, 0) is 0 Å². The molecule has 2 aliphatic rings. The predicted molar refractivity (Wildman–Crippen MR) is 78.8 cm³/mol. The van der Waals surface area contributed by atoms with E-state index in [0.717, 1.165) is 17.2 Å². The fourth-order valence-corrected chi connectivity index (χ4v) is 4.47. The Morgan fingerprint density at radius 1 is 0.882 bits per heavy atom. The summed E-state index contributed by atoms with van der Waals surface area (Å²) in [5, 5.41) is 4.77. The molecule has 2 saturated carbocycles. The van der Waals surface area contributed by atoms with Crippen molar-refractivity contribution >= 4 is 11.8 Å². The van der Waals surface area contributed by atoms with Crippen molar-refractivity contribution in [3.63, 3.8) is 0 Å². The number of hydrogen-bond donors (Lipinski definition) is 1. The van der Waals surface area contributed by atoms with Crippen LogP contribution >= 0.6 is 11.8 Å². The molecule has 2 atom stereocenters. The van der Waals surface area contributed by atoms with Gasteiger partial charge in [-0.1, -0.05) is 38.5 Å². The molecule has 2 fully saturated rings. The molecule has 1 N–H and O–H groups in total. The molecule has 1 nitrogen and oxygen atoms in total. The third-order valence-corrected chi connectivity index (χ3v) is 5.82. The van der Waals surface area contributed by atoms with Gasteiger partial charge in [0.15, 0.2) is 0 Å². The van der Waals surface area contributed by atoms with Gasteiger partial charge in [-0.2, -0.15) is 11.8 Å². The smallest absolute Gasteiger partial charge is 0.0198 e. The molecule has 0 saturated heterocycles. The lowest BCUT2D eigenvalue weighted by Crippen LogP contribution is -2.37. The summed E-state index contributed by atoms with van der Waals surface area (Å²) >= 11 is 2.07. The first-order valence-electron chi connectivity index (χ1n) is 7.66. The molecule has 0 aromatic heterocycles. The Balaban J connectivity index is 1.68. The molecule has 2 heteroatoms. The summed E-state index contributed by atoms with van der Waals surface area (Å²) in [7, 11) is 0. The third-order valence-electron chi connectivity index (χ3n) is 4.65. The van der Waals surface area contributed by atoms with Crippen LogP contribution in [0.5, 0.6) is 0 Å². The summed E-state index contributed by atoms with van der Waals surface area (Å²) < 4.78 is 0. The number of hydrogen-bond acceptors (Lipinski definition) is 2. The van der Waals surface area contributed by atoms with Crippen molar-refractivity contribution in [2.24, 2.45) is 5.92 Å². The van der Waals surface area contributed by atoms with Crippen molar-refractivity contribution in [1.29, 1.82) is 0 Å². The first kappa shape index (κ1) is 13.7. The first-order chi connectivity index (χ1) is 8.40. The summed E-state index contributed by atoms with van der Waals surface area (Å²) in [6, 6.07) is 0.815. The van der Waals surface area contributed by atoms with E-state index in [1.165, 1.54) is 70.8 Å². The molecule has 0 bridgehead atoms. The van der Waals surface area contributed by atoms with E-state index < -0.39 is 0 Å². The molecule has 0 radical (unpaired) electrons. The molecule has 17 heavy (non-hydrogen) atoms. The highest BCUT2D eigenvalue weighted by molar-refractivity contribution is 7.99. The second kappa shape index (κ2) is 7.68. The van der Waals surface area contributed by atoms with E-state index >= 15 is 0 Å². The van der Waals surface area contributed by atoms with E-state index in [4.69, 9.17) is 0 Å². The number of rotatable bonds is 4. The molecule has 2 aliphatic carbocycles. The molecule has 100 valence electrons. The lowest BCUT2D eigenvalue weighted by atomic mass is 9.91. The minimum absolute atomic E-state index is 0.815. The Morgan fingerprint density at radius 3 is 2.29 bits per heavy atom. The zero-order valence-corrected chi connectivity index (χ0v) is 12.2. The van der Waals surface area contributed by atoms with Gasteiger partial charge in [-0.05, 0) is 44.4 Å². The van der Waals surface area contributed by atoms with Gasteiger partial charge in [0.05, 0.1) is 0 Å². The van der Waals surface area contributed by atoms with Crippen LogP contribution in [0.1, 0.15) is 64.2 Å². The van der Waals surface area contributed by atoms with E-state index in [1.807, 2.05) is 0 Å². The summed E-state index contributed by atoms with van der Waals surface area (Å²) in [5.74, 6) is 0.971. The molecule has 0 spiro atoms. The maximum Gasteiger partial charge on any atom is 0.0198 e. The van der Waals surface area contributed by atoms with Crippen molar-refractivity contribution < 1.29 is 0 Å². The lowest BCUT2D eigenvalue weighted by molar-refractivity contribution is 0.345. The molecule has 0 heterocycles. The molecular weight excluding hydrogens is 226 g/mol. The molecule has 0 amide bonds. The van der Waals surface area contributed by atoms with Crippen molar-refractivity contribution in [2.45, 2.75) is 75.5 Å². The summed E-state index contributed by atoms with van der Waals surface area (Å²) in [6.07, 6.45) is 16.9. The Morgan fingerprint density at radius 2 is 1.59 bits per heavy atom. The molecule has 2 unspecified atom stereocenters. The molecule has 0 aliphatic heterocycles. The lowest BCUT2D eigenvalue weighted by Gasteiger charge is -2.25. The molecular formula is C15H29NS. The Bertz CT molecular complexity index is 199. The van der Waals surface area contributed by atoms with Crippen LogP contribution in [0, 0.1) is 5.92 Å². The first-order valence-corrected chi connectivity index (χ1v) is 8.95. The van der Waals surface area contributed by atoms with Crippen molar-refractivity contribution in [1.82, 2.24) is 5.32 Å². The van der Waals surface area contributed by atoms with Crippen LogP contribution in [0.25, 0.3) is 0 Å². The average Bonchev–Trinajstić information content (AvgIpc) is 2.75. The molecule has 0 aromatic rings. The van der Waals surface area contributed by atoms with Gasteiger partial charge in [0.2, 0.25) is 0 Å². The largest absolute Gasteiger partial charge is 0.313 e. The monoisotopic (exact) mass is 255 g/mol. The standard InChI is InChI=1S/C15H29NS/c1-17-15-11-7-10-14(15)16-12-13-8-5-3-2-4-6-9-13/h13-16H,2-12H2,1H3.